The van der Waals surface area contributed by atoms with E-state index in [2.05, 4.69) is 15.4 Å². The maximum Gasteiger partial charge on any atom is 0.253 e. The van der Waals surface area contributed by atoms with Crippen molar-refractivity contribution in [3.8, 4) is 11.3 Å². The predicted molar refractivity (Wildman–Crippen MR) is 132 cm³/mol. The van der Waals surface area contributed by atoms with Crippen LogP contribution < -0.4 is 16.0 Å². The first-order valence-electron chi connectivity index (χ1n) is 10.9. The number of aromatic nitrogens is 4. The van der Waals surface area contributed by atoms with Crippen LogP contribution in [-0.2, 0) is 16.6 Å². The van der Waals surface area contributed by atoms with Crippen LogP contribution in [0.4, 0.5) is 0 Å². The number of hydrogen-bond donors (Lipinski definition) is 3. The monoisotopic (exact) mass is 494 g/mol. The molecule has 0 aliphatic rings. The first-order chi connectivity index (χ1) is 16.5. The highest BCUT2D eigenvalue weighted by Gasteiger charge is 2.19. The molecular formula is C24H26N6O4S. The number of amides is 1. The zero-order chi connectivity index (χ0) is 25.5. The number of carbonyl (C=O) groups excluding carboxylic acids is 1. The van der Waals surface area contributed by atoms with Crippen molar-refractivity contribution in [1.29, 1.82) is 0 Å². The van der Waals surface area contributed by atoms with Crippen LogP contribution in [0.2, 0.25) is 0 Å². The third-order valence-electron chi connectivity index (χ3n) is 5.70. The molecule has 4 rings (SSSR count). The summed E-state index contributed by atoms with van der Waals surface area (Å²) in [4.78, 5) is 33.1. The van der Waals surface area contributed by atoms with Gasteiger partial charge in [-0.15, -0.1) is 0 Å². The van der Waals surface area contributed by atoms with Gasteiger partial charge in [-0.3, -0.25) is 9.59 Å². The van der Waals surface area contributed by atoms with E-state index < -0.39 is 10.0 Å². The Kier molecular flexibility index (Phi) is 6.30. The second kappa shape index (κ2) is 9.08. The summed E-state index contributed by atoms with van der Waals surface area (Å²) in [5.41, 5.74) is 3.70. The second-order valence-electron chi connectivity index (χ2n) is 8.67. The molecule has 3 heterocycles. The van der Waals surface area contributed by atoms with Gasteiger partial charge in [-0.2, -0.15) is 5.10 Å². The Morgan fingerprint density at radius 2 is 1.86 bits per heavy atom. The Morgan fingerprint density at radius 1 is 1.17 bits per heavy atom. The number of nitrogens with zero attached hydrogens (tertiary/aromatic N) is 3. The minimum absolute atomic E-state index is 0.00955. The van der Waals surface area contributed by atoms with Crippen LogP contribution in [0.3, 0.4) is 0 Å². The third-order valence-corrected chi connectivity index (χ3v) is 6.63. The van der Waals surface area contributed by atoms with Crippen LogP contribution in [0.1, 0.15) is 47.1 Å². The van der Waals surface area contributed by atoms with E-state index in [0.717, 1.165) is 11.3 Å². The molecule has 0 saturated carbocycles. The molecule has 0 aliphatic heterocycles. The van der Waals surface area contributed by atoms with Crippen molar-refractivity contribution in [2.24, 2.45) is 5.14 Å². The number of primary sulfonamides is 1. The van der Waals surface area contributed by atoms with Crippen LogP contribution in [0, 0.1) is 13.8 Å². The number of rotatable bonds is 6. The lowest BCUT2D eigenvalue weighted by Gasteiger charge is -2.12. The molecule has 35 heavy (non-hydrogen) atoms. The molecule has 1 aromatic carbocycles. The minimum atomic E-state index is -3.84. The number of carbonyl (C=O) groups is 1. The number of benzene rings is 1. The summed E-state index contributed by atoms with van der Waals surface area (Å²) < 4.78 is 24.9. The summed E-state index contributed by atoms with van der Waals surface area (Å²) in [7, 11) is -3.84. The van der Waals surface area contributed by atoms with Gasteiger partial charge in [0.05, 0.1) is 27.7 Å². The minimum Gasteiger partial charge on any atom is -0.348 e. The number of nitrogens with one attached hydrogen (secondary N) is 2. The molecule has 0 radical (unpaired) electrons. The van der Waals surface area contributed by atoms with Gasteiger partial charge in [0, 0.05) is 29.4 Å². The normalized spacial score (nSPS) is 11.8. The first-order valence-corrected chi connectivity index (χ1v) is 12.5. The average molecular weight is 495 g/mol. The standard InChI is InChI=1S/C24H26N6O4S/c1-13(2)30-22-20(12-27-30)18(23(31)26-11-19-14(3)9-15(4)28-24(19)32)10-21(29-22)16-5-7-17(8-6-16)35(25,33)34/h5-10,12-13H,11H2,1-4H3,(H,26,31)(H,28,32)(H2,25,33,34). The number of aromatic amines is 1. The van der Waals surface area contributed by atoms with Crippen LogP contribution in [0.5, 0.6) is 0 Å². The van der Waals surface area contributed by atoms with Crippen molar-refractivity contribution in [2.45, 2.75) is 45.2 Å². The lowest BCUT2D eigenvalue weighted by Crippen LogP contribution is -2.28. The third kappa shape index (κ3) is 4.86. The van der Waals surface area contributed by atoms with E-state index in [1.807, 2.05) is 26.8 Å². The van der Waals surface area contributed by atoms with Gasteiger partial charge in [-0.05, 0) is 57.5 Å². The zero-order valence-corrected chi connectivity index (χ0v) is 20.6. The summed E-state index contributed by atoms with van der Waals surface area (Å²) in [6.07, 6.45) is 1.59. The van der Waals surface area contributed by atoms with Gasteiger partial charge in [-0.1, -0.05) is 12.1 Å². The molecule has 0 bridgehead atoms. The summed E-state index contributed by atoms with van der Waals surface area (Å²) in [5, 5.41) is 13.0. The highest BCUT2D eigenvalue weighted by atomic mass is 32.2. The Balaban J connectivity index is 1.77. The van der Waals surface area contributed by atoms with Crippen molar-refractivity contribution >= 4 is 27.0 Å². The van der Waals surface area contributed by atoms with Gasteiger partial charge in [0.2, 0.25) is 10.0 Å². The number of pyridine rings is 2. The van der Waals surface area contributed by atoms with Crippen LogP contribution in [-0.4, -0.2) is 34.1 Å². The Labute approximate surface area is 202 Å². The van der Waals surface area contributed by atoms with Crippen LogP contribution >= 0.6 is 0 Å². The fourth-order valence-corrected chi connectivity index (χ4v) is 4.43. The largest absolute Gasteiger partial charge is 0.348 e. The van der Waals surface area contributed by atoms with Crippen molar-refractivity contribution < 1.29 is 13.2 Å². The molecule has 4 N–H and O–H groups in total. The van der Waals surface area contributed by atoms with Gasteiger partial charge in [0.1, 0.15) is 0 Å². The number of fused-ring (bicyclic) bond motifs is 1. The molecule has 0 saturated heterocycles. The Hall–Kier alpha value is -3.83. The van der Waals surface area contributed by atoms with E-state index in [9.17, 15) is 18.0 Å². The van der Waals surface area contributed by atoms with E-state index in [-0.39, 0.29) is 28.9 Å². The van der Waals surface area contributed by atoms with Crippen LogP contribution in [0.25, 0.3) is 22.3 Å². The zero-order valence-electron chi connectivity index (χ0n) is 19.8. The average Bonchev–Trinajstić information content (AvgIpc) is 3.21. The predicted octanol–water partition coefficient (Wildman–Crippen LogP) is 2.56. The lowest BCUT2D eigenvalue weighted by atomic mass is 10.1. The molecule has 11 heteroatoms. The molecule has 10 nitrogen and oxygen atoms in total. The molecule has 0 unspecified atom stereocenters. The van der Waals surface area contributed by atoms with Gasteiger partial charge in [-0.25, -0.2) is 23.2 Å². The molecule has 1 amide bonds. The van der Waals surface area contributed by atoms with Crippen molar-refractivity contribution in [2.75, 3.05) is 0 Å². The number of aryl methyl sites for hydroxylation is 2. The molecular weight excluding hydrogens is 468 g/mol. The molecule has 0 fully saturated rings. The summed E-state index contributed by atoms with van der Waals surface area (Å²) in [6, 6.07) is 9.42. The summed E-state index contributed by atoms with van der Waals surface area (Å²) in [6.45, 7) is 7.58. The summed E-state index contributed by atoms with van der Waals surface area (Å²) in [5.74, 6) is -0.387. The highest BCUT2D eigenvalue weighted by molar-refractivity contribution is 7.89. The van der Waals surface area contributed by atoms with Gasteiger partial charge < -0.3 is 10.3 Å². The van der Waals surface area contributed by atoms with E-state index in [4.69, 9.17) is 10.1 Å². The molecule has 182 valence electrons. The second-order valence-corrected chi connectivity index (χ2v) is 10.2. The number of H-pyrrole nitrogens is 1. The first kappa shape index (κ1) is 24.3. The highest BCUT2D eigenvalue weighted by Crippen LogP contribution is 2.27. The fourth-order valence-electron chi connectivity index (χ4n) is 3.91. The molecule has 0 spiro atoms. The SMILES string of the molecule is Cc1cc(C)c(CNC(=O)c2cc(-c3ccc(S(N)(=O)=O)cc3)nc3c2cnn3C(C)C)c(=O)[nH]1. The molecule has 0 atom stereocenters. The molecule has 3 aromatic heterocycles. The smallest absolute Gasteiger partial charge is 0.253 e. The Morgan fingerprint density at radius 3 is 2.46 bits per heavy atom. The van der Waals surface area contributed by atoms with Crippen molar-refractivity contribution in [1.82, 2.24) is 25.1 Å². The summed E-state index contributed by atoms with van der Waals surface area (Å²) >= 11 is 0. The van der Waals surface area contributed by atoms with Gasteiger partial charge in [0.15, 0.2) is 5.65 Å². The molecule has 0 aliphatic carbocycles. The van der Waals surface area contributed by atoms with E-state index in [1.165, 1.54) is 12.1 Å². The van der Waals surface area contributed by atoms with Crippen LogP contribution in [0.15, 0.2) is 52.3 Å². The quantitative estimate of drug-likeness (QED) is 0.374. The molecule has 4 aromatic rings. The lowest BCUT2D eigenvalue weighted by molar-refractivity contribution is 0.0952. The van der Waals surface area contributed by atoms with Crippen molar-refractivity contribution in [3.63, 3.8) is 0 Å². The topological polar surface area (TPSA) is 153 Å². The number of sulfonamides is 1. The maximum atomic E-state index is 13.3. The maximum absolute atomic E-state index is 13.3. The Bertz CT molecular complexity index is 1600. The van der Waals surface area contributed by atoms with E-state index in [1.54, 1.807) is 36.0 Å². The number of nitrogens with two attached hydrogens (primary N) is 1. The van der Waals surface area contributed by atoms with Gasteiger partial charge in [0.25, 0.3) is 11.5 Å². The fraction of sp³-hybridized carbons (Fsp3) is 0.250. The van der Waals surface area contributed by atoms with Gasteiger partial charge >= 0.3 is 0 Å². The van der Waals surface area contributed by atoms with E-state index >= 15 is 0 Å². The number of hydrogen-bond acceptors (Lipinski definition) is 6. The van der Waals surface area contributed by atoms with Crippen molar-refractivity contribution in [3.05, 3.63) is 75.3 Å². The van der Waals surface area contributed by atoms with E-state index in [0.29, 0.717) is 33.4 Å².